The SMILES string of the molecule is COc1ccc(C)cc1COC1CCCC(N)C1. The van der Waals surface area contributed by atoms with Gasteiger partial charge in [-0.15, -0.1) is 0 Å². The summed E-state index contributed by atoms with van der Waals surface area (Å²) < 4.78 is 11.3. The maximum atomic E-state index is 5.98. The molecule has 0 aromatic heterocycles. The Kier molecular flexibility index (Phi) is 4.61. The average molecular weight is 249 g/mol. The third-order valence-corrected chi connectivity index (χ3v) is 3.58. The van der Waals surface area contributed by atoms with E-state index in [1.54, 1.807) is 7.11 Å². The molecule has 0 amide bonds. The monoisotopic (exact) mass is 249 g/mol. The fourth-order valence-electron chi connectivity index (χ4n) is 2.56. The first-order valence-electron chi connectivity index (χ1n) is 6.69. The standard InChI is InChI=1S/C15H23NO2/c1-11-6-7-15(17-2)12(8-11)10-18-14-5-3-4-13(16)9-14/h6-8,13-14H,3-5,9-10,16H2,1-2H3. The molecule has 0 heterocycles. The van der Waals surface area contributed by atoms with Crippen molar-refractivity contribution in [2.75, 3.05) is 7.11 Å². The lowest BCUT2D eigenvalue weighted by Crippen LogP contribution is -2.32. The molecular weight excluding hydrogens is 226 g/mol. The van der Waals surface area contributed by atoms with Crippen LogP contribution in [0.2, 0.25) is 0 Å². The zero-order valence-corrected chi connectivity index (χ0v) is 11.3. The summed E-state index contributed by atoms with van der Waals surface area (Å²) in [6, 6.07) is 6.49. The van der Waals surface area contributed by atoms with Crippen molar-refractivity contribution in [3.63, 3.8) is 0 Å². The molecule has 0 radical (unpaired) electrons. The molecule has 2 rings (SSSR count). The van der Waals surface area contributed by atoms with E-state index in [2.05, 4.69) is 19.1 Å². The summed E-state index contributed by atoms with van der Waals surface area (Å²) in [5.74, 6) is 0.903. The van der Waals surface area contributed by atoms with Crippen LogP contribution in [-0.2, 0) is 11.3 Å². The van der Waals surface area contributed by atoms with Gasteiger partial charge in [0.2, 0.25) is 0 Å². The minimum atomic E-state index is 0.305. The Morgan fingerprint density at radius 2 is 2.17 bits per heavy atom. The number of nitrogens with two attached hydrogens (primary N) is 1. The maximum absolute atomic E-state index is 5.98. The summed E-state index contributed by atoms with van der Waals surface area (Å²) in [6.45, 7) is 2.70. The summed E-state index contributed by atoms with van der Waals surface area (Å²) in [6.07, 6.45) is 4.72. The molecule has 1 aromatic carbocycles. The molecular formula is C15H23NO2. The lowest BCUT2D eigenvalue weighted by atomic mass is 9.93. The van der Waals surface area contributed by atoms with E-state index in [4.69, 9.17) is 15.2 Å². The zero-order valence-electron chi connectivity index (χ0n) is 11.3. The summed E-state index contributed by atoms with van der Waals surface area (Å²) in [5.41, 5.74) is 8.32. The Labute approximate surface area is 109 Å². The Balaban J connectivity index is 1.94. The molecule has 0 spiro atoms. The first-order valence-corrected chi connectivity index (χ1v) is 6.69. The molecule has 1 saturated carbocycles. The fourth-order valence-corrected chi connectivity index (χ4v) is 2.56. The molecule has 0 bridgehead atoms. The molecule has 18 heavy (non-hydrogen) atoms. The second kappa shape index (κ2) is 6.21. The first-order chi connectivity index (χ1) is 8.69. The second-order valence-electron chi connectivity index (χ2n) is 5.17. The number of hydrogen-bond donors (Lipinski definition) is 1. The molecule has 1 fully saturated rings. The van der Waals surface area contributed by atoms with Crippen molar-refractivity contribution in [2.45, 2.75) is 51.4 Å². The second-order valence-corrected chi connectivity index (χ2v) is 5.17. The number of methoxy groups -OCH3 is 1. The van der Waals surface area contributed by atoms with E-state index < -0.39 is 0 Å². The lowest BCUT2D eigenvalue weighted by Gasteiger charge is -2.27. The van der Waals surface area contributed by atoms with Crippen LogP contribution in [0.3, 0.4) is 0 Å². The highest BCUT2D eigenvalue weighted by molar-refractivity contribution is 5.36. The molecule has 100 valence electrons. The highest BCUT2D eigenvalue weighted by atomic mass is 16.5. The quantitative estimate of drug-likeness (QED) is 0.892. The highest BCUT2D eigenvalue weighted by Gasteiger charge is 2.20. The number of benzene rings is 1. The number of hydrogen-bond acceptors (Lipinski definition) is 3. The van der Waals surface area contributed by atoms with Gasteiger partial charge in [0.25, 0.3) is 0 Å². The molecule has 2 atom stereocenters. The molecule has 2 unspecified atom stereocenters. The normalized spacial score (nSPS) is 23.9. The smallest absolute Gasteiger partial charge is 0.124 e. The van der Waals surface area contributed by atoms with Gasteiger partial charge in [-0.2, -0.15) is 0 Å². The van der Waals surface area contributed by atoms with Crippen LogP contribution in [0.25, 0.3) is 0 Å². The summed E-state index contributed by atoms with van der Waals surface area (Å²) in [7, 11) is 1.70. The van der Waals surface area contributed by atoms with Crippen molar-refractivity contribution in [3.05, 3.63) is 29.3 Å². The molecule has 3 heteroatoms. The Morgan fingerprint density at radius 1 is 1.33 bits per heavy atom. The van der Waals surface area contributed by atoms with Crippen LogP contribution in [0, 0.1) is 6.92 Å². The lowest BCUT2D eigenvalue weighted by molar-refractivity contribution is 0.0115. The van der Waals surface area contributed by atoms with Gasteiger partial charge in [0.1, 0.15) is 5.75 Å². The number of rotatable bonds is 4. The largest absolute Gasteiger partial charge is 0.496 e. The van der Waals surface area contributed by atoms with Gasteiger partial charge in [0, 0.05) is 11.6 Å². The van der Waals surface area contributed by atoms with Crippen molar-refractivity contribution in [2.24, 2.45) is 5.73 Å². The average Bonchev–Trinajstić information content (AvgIpc) is 2.37. The van der Waals surface area contributed by atoms with Gasteiger partial charge in [-0.05, 0) is 38.7 Å². The van der Waals surface area contributed by atoms with E-state index in [9.17, 15) is 0 Å². The summed E-state index contributed by atoms with van der Waals surface area (Å²) >= 11 is 0. The predicted octanol–water partition coefficient (Wildman–Crippen LogP) is 2.79. The summed E-state index contributed by atoms with van der Waals surface area (Å²) in [5, 5.41) is 0. The van der Waals surface area contributed by atoms with Crippen LogP contribution in [0.4, 0.5) is 0 Å². The zero-order chi connectivity index (χ0) is 13.0. The van der Waals surface area contributed by atoms with E-state index in [-0.39, 0.29) is 0 Å². The Morgan fingerprint density at radius 3 is 2.89 bits per heavy atom. The van der Waals surface area contributed by atoms with Gasteiger partial charge >= 0.3 is 0 Å². The van der Waals surface area contributed by atoms with E-state index >= 15 is 0 Å². The molecule has 1 aliphatic carbocycles. The van der Waals surface area contributed by atoms with E-state index in [0.29, 0.717) is 18.8 Å². The van der Waals surface area contributed by atoms with E-state index in [1.165, 1.54) is 12.0 Å². The van der Waals surface area contributed by atoms with E-state index in [0.717, 1.165) is 30.6 Å². The van der Waals surface area contributed by atoms with Crippen LogP contribution in [0.15, 0.2) is 18.2 Å². The van der Waals surface area contributed by atoms with Crippen LogP contribution in [0.5, 0.6) is 5.75 Å². The molecule has 1 aromatic rings. The maximum Gasteiger partial charge on any atom is 0.124 e. The van der Waals surface area contributed by atoms with Gasteiger partial charge in [-0.1, -0.05) is 17.7 Å². The van der Waals surface area contributed by atoms with Crippen LogP contribution >= 0.6 is 0 Å². The Hall–Kier alpha value is -1.06. The third-order valence-electron chi connectivity index (χ3n) is 3.58. The topological polar surface area (TPSA) is 44.5 Å². The predicted molar refractivity (Wildman–Crippen MR) is 72.8 cm³/mol. The third kappa shape index (κ3) is 3.47. The van der Waals surface area contributed by atoms with Crippen LogP contribution in [0.1, 0.15) is 36.8 Å². The minimum Gasteiger partial charge on any atom is -0.496 e. The number of aryl methyl sites for hydroxylation is 1. The van der Waals surface area contributed by atoms with Crippen molar-refractivity contribution in [1.82, 2.24) is 0 Å². The fraction of sp³-hybridized carbons (Fsp3) is 0.600. The molecule has 0 saturated heterocycles. The van der Waals surface area contributed by atoms with Crippen molar-refractivity contribution in [1.29, 1.82) is 0 Å². The molecule has 2 N–H and O–H groups in total. The van der Waals surface area contributed by atoms with Crippen molar-refractivity contribution in [3.8, 4) is 5.75 Å². The van der Waals surface area contributed by atoms with Crippen molar-refractivity contribution >= 4 is 0 Å². The van der Waals surface area contributed by atoms with Gasteiger partial charge < -0.3 is 15.2 Å². The van der Waals surface area contributed by atoms with Crippen LogP contribution in [-0.4, -0.2) is 19.3 Å². The summed E-state index contributed by atoms with van der Waals surface area (Å²) in [4.78, 5) is 0. The molecule has 1 aliphatic rings. The van der Waals surface area contributed by atoms with Gasteiger partial charge in [0.05, 0.1) is 19.8 Å². The van der Waals surface area contributed by atoms with Crippen molar-refractivity contribution < 1.29 is 9.47 Å². The first kappa shape index (κ1) is 13.4. The van der Waals surface area contributed by atoms with Gasteiger partial charge in [0.15, 0.2) is 0 Å². The Bertz CT molecular complexity index is 392. The molecule has 0 aliphatic heterocycles. The van der Waals surface area contributed by atoms with Gasteiger partial charge in [-0.3, -0.25) is 0 Å². The molecule has 3 nitrogen and oxygen atoms in total. The van der Waals surface area contributed by atoms with Gasteiger partial charge in [-0.25, -0.2) is 0 Å². The van der Waals surface area contributed by atoms with Crippen LogP contribution < -0.4 is 10.5 Å². The highest BCUT2D eigenvalue weighted by Crippen LogP contribution is 2.24. The number of ether oxygens (including phenoxy) is 2. The minimum absolute atomic E-state index is 0.305. The van der Waals surface area contributed by atoms with E-state index in [1.807, 2.05) is 6.07 Å².